The van der Waals surface area contributed by atoms with Crippen LogP contribution in [0.1, 0.15) is 90.9 Å². The van der Waals surface area contributed by atoms with E-state index in [0.717, 1.165) is 38.5 Å². The Bertz CT molecular complexity index is 1780. The van der Waals surface area contributed by atoms with Crippen LogP contribution in [-0.2, 0) is 52.0 Å². The molecular formula is C34H46N7O11P. The Kier molecular flexibility index (Phi) is 11.1. The summed E-state index contributed by atoms with van der Waals surface area (Å²) < 4.78 is 51.6. The zero-order valence-corrected chi connectivity index (χ0v) is 31.0. The quantitative estimate of drug-likeness (QED) is 0.119. The van der Waals surface area contributed by atoms with E-state index < -0.39 is 73.1 Å². The highest BCUT2D eigenvalue weighted by Crippen LogP contribution is 2.70. The van der Waals surface area contributed by atoms with Gasteiger partial charge >= 0.3 is 31.5 Å². The Balaban J connectivity index is 1.34. The molecule has 1 saturated heterocycles. The van der Waals surface area contributed by atoms with Crippen molar-refractivity contribution < 1.29 is 52.0 Å². The Morgan fingerprint density at radius 2 is 1.60 bits per heavy atom. The van der Waals surface area contributed by atoms with Crippen LogP contribution in [0.4, 0.5) is 5.82 Å². The van der Waals surface area contributed by atoms with Gasteiger partial charge in [0.25, 0.3) is 0 Å². The maximum Gasteiger partial charge on any atom is 0.342 e. The van der Waals surface area contributed by atoms with Gasteiger partial charge in [0.2, 0.25) is 11.2 Å². The van der Waals surface area contributed by atoms with Gasteiger partial charge in [-0.15, -0.1) is 0 Å². The minimum Gasteiger partial charge on any atom is -0.464 e. The molecule has 4 N–H and O–H groups in total. The van der Waals surface area contributed by atoms with Crippen molar-refractivity contribution in [2.45, 2.75) is 121 Å². The number of rotatable bonds is 17. The predicted molar refractivity (Wildman–Crippen MR) is 183 cm³/mol. The van der Waals surface area contributed by atoms with Crippen molar-refractivity contribution in [3.63, 3.8) is 0 Å². The summed E-state index contributed by atoms with van der Waals surface area (Å²) in [6.07, 6.45) is 2.28. The van der Waals surface area contributed by atoms with E-state index in [0.29, 0.717) is 5.52 Å². The second-order valence-electron chi connectivity index (χ2n) is 14.1. The van der Waals surface area contributed by atoms with Gasteiger partial charge in [-0.05, 0) is 63.5 Å². The first-order valence-electron chi connectivity index (χ1n) is 18.1. The molecule has 2 aromatic heterocycles. The average molecular weight is 760 g/mol. The standard InChI is InChI=1S/C34H46N7O11P/c1-5-25(42)49-28-27(23-13-14-24-29(36)37-18-38-41(23)24)51-33(17-35)32(34(28,33)50-26(43)6-2)52-53(46,39-19(3)30(44)47-15-21-9-7-10-21)40-20(4)31(45)48-16-22-11-8-12-22/h13-14,18-22,27-28,32H,5-12,15-16H2,1-4H3,(H2,36,37,38)(H2,39,40,46)/t19-,20-,27-,28-,32?,33+,34+/m0/s1. The number of carbonyl (C=O) groups excluding carboxylic acids is 4. The molecule has 0 aromatic carbocycles. The van der Waals surface area contributed by atoms with Gasteiger partial charge in [-0.3, -0.25) is 28.3 Å². The molecule has 2 aromatic rings. The molecule has 7 atom stereocenters. The maximum atomic E-state index is 14.9. The molecule has 3 aliphatic carbocycles. The molecule has 1 unspecified atom stereocenters. The van der Waals surface area contributed by atoms with Crippen LogP contribution < -0.4 is 15.9 Å². The topological polar surface area (TPSA) is 245 Å². The number of nitriles is 1. The fourth-order valence-corrected chi connectivity index (χ4v) is 8.82. The summed E-state index contributed by atoms with van der Waals surface area (Å²) in [6.45, 7) is 6.27. The molecule has 3 saturated carbocycles. The third-order valence-electron chi connectivity index (χ3n) is 10.4. The lowest BCUT2D eigenvalue weighted by Gasteiger charge is -2.31. The lowest BCUT2D eigenvalue weighted by atomic mass is 9.86. The normalized spacial score (nSPS) is 27.7. The summed E-state index contributed by atoms with van der Waals surface area (Å²) in [7, 11) is -4.62. The molecule has 0 spiro atoms. The van der Waals surface area contributed by atoms with E-state index in [4.69, 9.17) is 33.9 Å². The number of esters is 4. The van der Waals surface area contributed by atoms with Crippen LogP contribution in [0.25, 0.3) is 5.52 Å². The van der Waals surface area contributed by atoms with Crippen LogP contribution in [0.15, 0.2) is 18.5 Å². The molecule has 19 heteroatoms. The molecule has 18 nitrogen and oxygen atoms in total. The average Bonchev–Trinajstić information content (AvgIpc) is 3.33. The molecule has 6 rings (SSSR count). The van der Waals surface area contributed by atoms with Crippen LogP contribution in [0.2, 0.25) is 0 Å². The molecule has 4 aliphatic rings. The van der Waals surface area contributed by atoms with Gasteiger partial charge in [0.1, 0.15) is 36.1 Å². The van der Waals surface area contributed by atoms with Crippen molar-refractivity contribution in [3.05, 3.63) is 24.2 Å². The summed E-state index contributed by atoms with van der Waals surface area (Å²) >= 11 is 0. The zero-order valence-electron chi connectivity index (χ0n) is 30.1. The summed E-state index contributed by atoms with van der Waals surface area (Å²) in [6, 6.07) is 2.74. The van der Waals surface area contributed by atoms with Crippen molar-refractivity contribution in [1.29, 1.82) is 5.26 Å². The molecule has 0 radical (unpaired) electrons. The fourth-order valence-electron chi connectivity index (χ4n) is 6.79. The van der Waals surface area contributed by atoms with Crippen molar-refractivity contribution in [3.8, 4) is 6.07 Å². The lowest BCUT2D eigenvalue weighted by molar-refractivity contribution is -0.177. The first-order valence-corrected chi connectivity index (χ1v) is 19.7. The van der Waals surface area contributed by atoms with Crippen molar-refractivity contribution in [2.24, 2.45) is 11.8 Å². The Labute approximate surface area is 306 Å². The number of ether oxygens (including phenoxy) is 5. The molecular weight excluding hydrogens is 713 g/mol. The van der Waals surface area contributed by atoms with Crippen LogP contribution in [-0.4, -0.2) is 87.2 Å². The van der Waals surface area contributed by atoms with Gasteiger partial charge in [0.05, 0.1) is 18.9 Å². The highest BCUT2D eigenvalue weighted by Gasteiger charge is 2.95. The Hall–Kier alpha value is -4.14. The van der Waals surface area contributed by atoms with Crippen LogP contribution in [0.5, 0.6) is 0 Å². The van der Waals surface area contributed by atoms with Gasteiger partial charge in [-0.25, -0.2) is 19.7 Å². The zero-order chi connectivity index (χ0) is 38.1. The van der Waals surface area contributed by atoms with Gasteiger partial charge < -0.3 is 29.4 Å². The third kappa shape index (κ3) is 7.25. The summed E-state index contributed by atoms with van der Waals surface area (Å²) in [4.78, 5) is 56.2. The summed E-state index contributed by atoms with van der Waals surface area (Å²) in [5, 5.41) is 20.3. The number of nitrogens with one attached hydrogen (secondary N) is 2. The smallest absolute Gasteiger partial charge is 0.342 e. The number of fused-ring (bicyclic) bond motifs is 2. The third-order valence-corrected chi connectivity index (χ3v) is 12.4. The van der Waals surface area contributed by atoms with Crippen LogP contribution in [0.3, 0.4) is 0 Å². The van der Waals surface area contributed by atoms with E-state index in [9.17, 15) is 29.0 Å². The molecule has 53 heavy (non-hydrogen) atoms. The number of anilines is 1. The Morgan fingerprint density at radius 3 is 2.11 bits per heavy atom. The van der Waals surface area contributed by atoms with Crippen molar-refractivity contribution >= 4 is 42.9 Å². The van der Waals surface area contributed by atoms with E-state index in [1.54, 1.807) is 19.1 Å². The maximum absolute atomic E-state index is 14.9. The Morgan fingerprint density at radius 1 is 1.02 bits per heavy atom. The van der Waals surface area contributed by atoms with Crippen LogP contribution >= 0.6 is 7.67 Å². The van der Waals surface area contributed by atoms with Gasteiger partial charge in [-0.2, -0.15) is 10.4 Å². The first-order chi connectivity index (χ1) is 25.3. The van der Waals surface area contributed by atoms with Gasteiger partial charge in [0.15, 0.2) is 18.0 Å². The second-order valence-corrected chi connectivity index (χ2v) is 15.9. The van der Waals surface area contributed by atoms with Gasteiger partial charge in [0, 0.05) is 12.8 Å². The minimum absolute atomic E-state index is 0.0985. The summed E-state index contributed by atoms with van der Waals surface area (Å²) in [5.74, 6) is -2.38. The predicted octanol–water partition coefficient (Wildman–Crippen LogP) is 2.81. The van der Waals surface area contributed by atoms with E-state index in [-0.39, 0.29) is 49.4 Å². The molecule has 1 aliphatic heterocycles. The van der Waals surface area contributed by atoms with E-state index in [1.165, 1.54) is 31.6 Å². The first kappa shape index (κ1) is 38.6. The minimum atomic E-state index is -4.62. The largest absolute Gasteiger partial charge is 0.464 e. The van der Waals surface area contributed by atoms with E-state index >= 15 is 0 Å². The fraction of sp³-hybridized carbons (Fsp3) is 0.676. The molecule has 0 amide bonds. The number of hydrogen-bond donors (Lipinski definition) is 3. The monoisotopic (exact) mass is 759 g/mol. The number of aromatic nitrogens is 3. The lowest BCUT2D eigenvalue weighted by Crippen LogP contribution is -2.45. The summed E-state index contributed by atoms with van der Waals surface area (Å²) in [5.41, 5.74) is 2.34. The number of nitrogen functional groups attached to an aromatic ring is 1. The van der Waals surface area contributed by atoms with Crippen molar-refractivity contribution in [1.82, 2.24) is 24.8 Å². The molecule has 288 valence electrons. The molecule has 0 bridgehead atoms. The molecule has 3 heterocycles. The van der Waals surface area contributed by atoms with Crippen molar-refractivity contribution in [2.75, 3.05) is 18.9 Å². The number of nitrogens with zero attached hydrogens (tertiary/aromatic N) is 4. The highest BCUT2D eigenvalue weighted by molar-refractivity contribution is 7.54. The van der Waals surface area contributed by atoms with E-state index in [2.05, 4.69) is 20.3 Å². The van der Waals surface area contributed by atoms with Crippen LogP contribution in [0, 0.1) is 23.2 Å². The number of hydrogen-bond acceptors (Lipinski definition) is 15. The number of carbonyl (C=O) groups is 4. The number of nitrogens with two attached hydrogens (primary N) is 1. The van der Waals surface area contributed by atoms with Gasteiger partial charge in [-0.1, -0.05) is 26.7 Å². The molecule has 4 fully saturated rings. The highest BCUT2D eigenvalue weighted by atomic mass is 31.2. The second kappa shape index (κ2) is 15.3. The van der Waals surface area contributed by atoms with E-state index in [1.807, 2.05) is 6.07 Å². The SMILES string of the molecule is CCC(=O)O[C@H]1[C@H](c2ccc3c(N)ncnn23)O[C@]2(C#N)C(OP(=O)(N[C@@H](C)C(=O)OCC3CCC3)N[C@@H](C)C(=O)OCC3CCC3)[C@]12OC(=O)CC.